The lowest BCUT2D eigenvalue weighted by Crippen LogP contribution is -2.07. The van der Waals surface area contributed by atoms with E-state index in [2.05, 4.69) is 31.3 Å². The first kappa shape index (κ1) is 12.7. The highest BCUT2D eigenvalue weighted by Gasteiger charge is 2.08. The molecule has 0 saturated heterocycles. The number of aromatic nitrogens is 3. The normalized spacial score (nSPS) is 10.6. The van der Waals surface area contributed by atoms with Gasteiger partial charge in [0.1, 0.15) is 12.2 Å². The minimum atomic E-state index is 0.511. The van der Waals surface area contributed by atoms with Gasteiger partial charge < -0.3 is 5.32 Å². The number of benzene rings is 1. The lowest BCUT2D eigenvalue weighted by Gasteiger charge is -2.10. The van der Waals surface area contributed by atoms with Gasteiger partial charge in [-0.15, -0.1) is 0 Å². The molecule has 0 unspecified atom stereocenters. The molecule has 4 nitrogen and oxygen atoms in total. The van der Waals surface area contributed by atoms with Gasteiger partial charge in [-0.25, -0.2) is 4.98 Å². The molecule has 0 radical (unpaired) electrons. The molecule has 0 aliphatic rings. The van der Waals surface area contributed by atoms with Crippen LogP contribution in [0.4, 0.5) is 5.69 Å². The molecule has 1 N–H and O–H groups in total. The Morgan fingerprint density at radius 2 is 2.00 bits per heavy atom. The van der Waals surface area contributed by atoms with Gasteiger partial charge in [-0.3, -0.25) is 4.68 Å². The molecule has 1 heterocycles. The number of nitrogens with one attached hydrogen (secondary N) is 1. The van der Waals surface area contributed by atoms with Crippen LogP contribution >= 0.6 is 39.1 Å². The Labute approximate surface area is 117 Å². The average molecular weight is 336 g/mol. The first-order valence-corrected chi connectivity index (χ1v) is 6.34. The average Bonchev–Trinajstić information content (AvgIpc) is 2.62. The summed E-state index contributed by atoms with van der Waals surface area (Å²) in [5.41, 5.74) is 0.694. The quantitative estimate of drug-likeness (QED) is 0.933. The van der Waals surface area contributed by atoms with Crippen LogP contribution in [0.1, 0.15) is 5.82 Å². The predicted molar refractivity (Wildman–Crippen MR) is 72.5 cm³/mol. The van der Waals surface area contributed by atoms with Crippen LogP contribution in [-0.4, -0.2) is 14.8 Å². The molecule has 0 bridgehead atoms. The number of anilines is 1. The predicted octanol–water partition coefficient (Wildman–Crippen LogP) is 3.50. The minimum absolute atomic E-state index is 0.511. The third-order valence-electron chi connectivity index (χ3n) is 2.24. The van der Waals surface area contributed by atoms with Crippen molar-refractivity contribution in [3.63, 3.8) is 0 Å². The van der Waals surface area contributed by atoms with E-state index in [4.69, 9.17) is 23.2 Å². The molecule has 2 rings (SSSR count). The fourth-order valence-corrected chi connectivity index (χ4v) is 2.70. The van der Waals surface area contributed by atoms with E-state index >= 15 is 0 Å². The van der Waals surface area contributed by atoms with Crippen molar-refractivity contribution in [1.82, 2.24) is 14.8 Å². The van der Waals surface area contributed by atoms with Crippen LogP contribution in [-0.2, 0) is 13.6 Å². The van der Waals surface area contributed by atoms with Crippen molar-refractivity contribution in [1.29, 1.82) is 0 Å². The molecule has 0 aliphatic carbocycles. The molecule has 90 valence electrons. The third kappa shape index (κ3) is 2.91. The highest BCUT2D eigenvalue weighted by molar-refractivity contribution is 9.10. The maximum absolute atomic E-state index is 6.09. The zero-order chi connectivity index (χ0) is 12.4. The Bertz CT molecular complexity index is 518. The molecule has 17 heavy (non-hydrogen) atoms. The Hall–Kier alpha value is -0.780. The second-order valence-electron chi connectivity index (χ2n) is 3.40. The van der Waals surface area contributed by atoms with E-state index in [1.807, 2.05) is 7.05 Å². The molecular formula is C10H9BrCl2N4. The molecule has 2 aromatic rings. The zero-order valence-electron chi connectivity index (χ0n) is 8.91. The largest absolute Gasteiger partial charge is 0.375 e. The van der Waals surface area contributed by atoms with Crippen molar-refractivity contribution in [2.24, 2.45) is 7.05 Å². The van der Waals surface area contributed by atoms with Crippen LogP contribution in [0.2, 0.25) is 10.0 Å². The van der Waals surface area contributed by atoms with E-state index in [0.717, 1.165) is 10.3 Å². The minimum Gasteiger partial charge on any atom is -0.375 e. The molecule has 0 fully saturated rings. The van der Waals surface area contributed by atoms with Crippen LogP contribution in [0, 0.1) is 0 Å². The summed E-state index contributed by atoms with van der Waals surface area (Å²) < 4.78 is 2.53. The smallest absolute Gasteiger partial charge is 0.145 e. The van der Waals surface area contributed by atoms with E-state index < -0.39 is 0 Å². The Morgan fingerprint density at radius 1 is 1.35 bits per heavy atom. The van der Waals surface area contributed by atoms with Gasteiger partial charge in [-0.2, -0.15) is 5.10 Å². The number of halogens is 3. The van der Waals surface area contributed by atoms with Crippen molar-refractivity contribution in [3.8, 4) is 0 Å². The number of nitrogens with zero attached hydrogens (tertiary/aromatic N) is 3. The molecular weight excluding hydrogens is 327 g/mol. The summed E-state index contributed by atoms with van der Waals surface area (Å²) in [7, 11) is 1.83. The fraction of sp³-hybridized carbons (Fsp3) is 0.200. The van der Waals surface area contributed by atoms with Crippen molar-refractivity contribution >= 4 is 44.8 Å². The van der Waals surface area contributed by atoms with E-state index in [-0.39, 0.29) is 0 Å². The van der Waals surface area contributed by atoms with Gasteiger partial charge in [0.2, 0.25) is 0 Å². The summed E-state index contributed by atoms with van der Waals surface area (Å²) >= 11 is 15.5. The molecule has 0 amide bonds. The summed E-state index contributed by atoms with van der Waals surface area (Å²) in [6.07, 6.45) is 1.50. The van der Waals surface area contributed by atoms with Crippen LogP contribution in [0.25, 0.3) is 0 Å². The lowest BCUT2D eigenvalue weighted by atomic mass is 10.3. The molecule has 0 aliphatic heterocycles. The number of hydrogen-bond donors (Lipinski definition) is 1. The first-order valence-electron chi connectivity index (χ1n) is 4.79. The van der Waals surface area contributed by atoms with Crippen molar-refractivity contribution in [2.75, 3.05) is 5.32 Å². The summed E-state index contributed by atoms with van der Waals surface area (Å²) in [4.78, 5) is 4.10. The first-order chi connectivity index (χ1) is 8.08. The summed E-state index contributed by atoms with van der Waals surface area (Å²) in [5.74, 6) is 0.806. The standard InChI is InChI=1S/C10H9BrCl2N4/c1-17-9(15-5-16-17)4-14-10-7(12)2-6(11)3-8(10)13/h2-3,5,14H,4H2,1H3. The summed E-state index contributed by atoms with van der Waals surface area (Å²) in [6, 6.07) is 3.57. The van der Waals surface area contributed by atoms with E-state index in [1.54, 1.807) is 16.8 Å². The van der Waals surface area contributed by atoms with Gasteiger partial charge in [0.25, 0.3) is 0 Å². The Morgan fingerprint density at radius 3 is 2.53 bits per heavy atom. The monoisotopic (exact) mass is 334 g/mol. The van der Waals surface area contributed by atoms with Crippen LogP contribution < -0.4 is 5.32 Å². The van der Waals surface area contributed by atoms with Crippen LogP contribution in [0.3, 0.4) is 0 Å². The van der Waals surface area contributed by atoms with Crippen LogP contribution in [0.5, 0.6) is 0 Å². The highest BCUT2D eigenvalue weighted by Crippen LogP contribution is 2.33. The Kier molecular flexibility index (Phi) is 3.91. The fourth-order valence-electron chi connectivity index (χ4n) is 1.36. The SMILES string of the molecule is Cn1ncnc1CNc1c(Cl)cc(Br)cc1Cl. The molecule has 0 spiro atoms. The molecule has 1 aromatic carbocycles. The highest BCUT2D eigenvalue weighted by atomic mass is 79.9. The maximum Gasteiger partial charge on any atom is 0.145 e. The van der Waals surface area contributed by atoms with E-state index in [1.165, 1.54) is 6.33 Å². The third-order valence-corrected chi connectivity index (χ3v) is 3.29. The second kappa shape index (κ2) is 5.25. The number of aryl methyl sites for hydroxylation is 1. The molecule has 1 aromatic heterocycles. The van der Waals surface area contributed by atoms with E-state index in [9.17, 15) is 0 Å². The number of rotatable bonds is 3. The van der Waals surface area contributed by atoms with Crippen molar-refractivity contribution < 1.29 is 0 Å². The molecule has 0 saturated carbocycles. The van der Waals surface area contributed by atoms with Gasteiger partial charge in [0.05, 0.1) is 22.3 Å². The summed E-state index contributed by atoms with van der Waals surface area (Å²) in [6.45, 7) is 0.511. The van der Waals surface area contributed by atoms with Crippen molar-refractivity contribution in [3.05, 3.63) is 38.8 Å². The van der Waals surface area contributed by atoms with Crippen LogP contribution in [0.15, 0.2) is 22.9 Å². The van der Waals surface area contributed by atoms with Crippen molar-refractivity contribution in [2.45, 2.75) is 6.54 Å². The Balaban J connectivity index is 2.17. The zero-order valence-corrected chi connectivity index (χ0v) is 12.0. The molecule has 0 atom stereocenters. The maximum atomic E-state index is 6.09. The summed E-state index contributed by atoms with van der Waals surface area (Å²) in [5, 5.41) is 8.25. The second-order valence-corrected chi connectivity index (χ2v) is 5.13. The van der Waals surface area contributed by atoms with Gasteiger partial charge in [0, 0.05) is 11.5 Å². The molecule has 7 heteroatoms. The van der Waals surface area contributed by atoms with Gasteiger partial charge >= 0.3 is 0 Å². The topological polar surface area (TPSA) is 42.7 Å². The number of hydrogen-bond acceptors (Lipinski definition) is 3. The van der Waals surface area contributed by atoms with Gasteiger partial charge in [0.15, 0.2) is 0 Å². The van der Waals surface area contributed by atoms with Gasteiger partial charge in [-0.05, 0) is 12.1 Å². The lowest BCUT2D eigenvalue weighted by molar-refractivity contribution is 0.712. The van der Waals surface area contributed by atoms with E-state index in [0.29, 0.717) is 22.3 Å². The van der Waals surface area contributed by atoms with Gasteiger partial charge in [-0.1, -0.05) is 39.1 Å².